The third-order valence-corrected chi connectivity index (χ3v) is 3.29. The summed E-state index contributed by atoms with van der Waals surface area (Å²) in [6, 6.07) is 4.59. The van der Waals surface area contributed by atoms with Gasteiger partial charge in [-0.25, -0.2) is 4.39 Å². The lowest BCUT2D eigenvalue weighted by Crippen LogP contribution is -2.36. The number of hydrogen-bond donors (Lipinski definition) is 1. The first kappa shape index (κ1) is 11.7. The van der Waals surface area contributed by atoms with Crippen LogP contribution in [-0.4, -0.2) is 19.2 Å². The third-order valence-electron chi connectivity index (χ3n) is 3.00. The van der Waals surface area contributed by atoms with E-state index in [2.05, 4.69) is 5.32 Å². The maximum absolute atomic E-state index is 12.9. The first-order chi connectivity index (χ1) is 7.70. The predicted molar refractivity (Wildman–Crippen MR) is 62.5 cm³/mol. The smallest absolute Gasteiger partial charge is 0.138 e. The first-order valence-corrected chi connectivity index (χ1v) is 5.87. The molecule has 1 N–H and O–H groups in total. The minimum absolute atomic E-state index is 0.132. The van der Waals surface area contributed by atoms with Crippen molar-refractivity contribution in [3.05, 3.63) is 29.0 Å². The minimum Gasteiger partial charge on any atom is -0.487 e. The summed E-state index contributed by atoms with van der Waals surface area (Å²) in [5.74, 6) is 0.226. The van der Waals surface area contributed by atoms with Gasteiger partial charge in [-0.3, -0.25) is 0 Å². The van der Waals surface area contributed by atoms with Crippen molar-refractivity contribution in [2.75, 3.05) is 7.05 Å². The standard InChI is InChI=1S/C12H15ClFNO/c1-15-10-3-2-4-12(10)16-11-6-5-8(14)7-9(11)13/h5-7,10,12,15H,2-4H2,1H3. The summed E-state index contributed by atoms with van der Waals surface area (Å²) in [5.41, 5.74) is 0. The molecule has 0 radical (unpaired) electrons. The topological polar surface area (TPSA) is 21.3 Å². The molecule has 1 aromatic rings. The molecule has 1 fully saturated rings. The Morgan fingerprint density at radius 1 is 1.44 bits per heavy atom. The van der Waals surface area contributed by atoms with Crippen LogP contribution in [0, 0.1) is 5.82 Å². The molecule has 1 aromatic carbocycles. The van der Waals surface area contributed by atoms with E-state index in [9.17, 15) is 4.39 Å². The van der Waals surface area contributed by atoms with Gasteiger partial charge >= 0.3 is 0 Å². The second-order valence-electron chi connectivity index (χ2n) is 4.06. The fourth-order valence-electron chi connectivity index (χ4n) is 2.13. The fourth-order valence-corrected chi connectivity index (χ4v) is 2.34. The average Bonchev–Trinajstić information content (AvgIpc) is 2.69. The highest BCUT2D eigenvalue weighted by atomic mass is 35.5. The molecule has 4 heteroatoms. The van der Waals surface area contributed by atoms with Gasteiger partial charge in [0.05, 0.1) is 5.02 Å². The molecule has 0 saturated heterocycles. The summed E-state index contributed by atoms with van der Waals surface area (Å²) < 4.78 is 18.7. The molecular formula is C12H15ClFNO. The molecule has 1 aliphatic carbocycles. The van der Waals surface area contributed by atoms with E-state index >= 15 is 0 Å². The molecular weight excluding hydrogens is 229 g/mol. The summed E-state index contributed by atoms with van der Waals surface area (Å²) in [6.45, 7) is 0. The van der Waals surface area contributed by atoms with Gasteiger partial charge in [-0.15, -0.1) is 0 Å². The number of ether oxygens (including phenoxy) is 1. The Morgan fingerprint density at radius 3 is 2.94 bits per heavy atom. The van der Waals surface area contributed by atoms with Gasteiger partial charge in [0.15, 0.2) is 0 Å². The van der Waals surface area contributed by atoms with E-state index < -0.39 is 0 Å². The quantitative estimate of drug-likeness (QED) is 0.881. The number of rotatable bonds is 3. The van der Waals surface area contributed by atoms with E-state index in [0.717, 1.165) is 19.3 Å². The maximum atomic E-state index is 12.9. The van der Waals surface area contributed by atoms with Crippen molar-refractivity contribution < 1.29 is 9.13 Å². The Kier molecular flexibility index (Phi) is 3.66. The average molecular weight is 244 g/mol. The number of halogens is 2. The SMILES string of the molecule is CNC1CCCC1Oc1ccc(F)cc1Cl. The Balaban J connectivity index is 2.08. The van der Waals surface area contributed by atoms with Crippen LogP contribution in [0.2, 0.25) is 5.02 Å². The predicted octanol–water partition coefficient (Wildman–Crippen LogP) is 3.00. The number of hydrogen-bond acceptors (Lipinski definition) is 2. The molecule has 0 aliphatic heterocycles. The molecule has 88 valence electrons. The second-order valence-corrected chi connectivity index (χ2v) is 4.46. The Hall–Kier alpha value is -0.800. The van der Waals surface area contributed by atoms with Crippen molar-refractivity contribution in [2.24, 2.45) is 0 Å². The van der Waals surface area contributed by atoms with Gasteiger partial charge in [0.1, 0.15) is 17.7 Å². The van der Waals surface area contributed by atoms with Crippen molar-refractivity contribution in [1.82, 2.24) is 5.32 Å². The molecule has 2 unspecified atom stereocenters. The van der Waals surface area contributed by atoms with E-state index in [1.807, 2.05) is 7.05 Å². The van der Waals surface area contributed by atoms with Crippen LogP contribution in [0.1, 0.15) is 19.3 Å². The monoisotopic (exact) mass is 243 g/mol. The van der Waals surface area contributed by atoms with Gasteiger partial charge < -0.3 is 10.1 Å². The van der Waals surface area contributed by atoms with Crippen LogP contribution in [-0.2, 0) is 0 Å². The van der Waals surface area contributed by atoms with E-state index in [-0.39, 0.29) is 11.9 Å². The van der Waals surface area contributed by atoms with E-state index in [1.54, 1.807) is 6.07 Å². The minimum atomic E-state index is -0.339. The lowest BCUT2D eigenvalue weighted by atomic mass is 10.2. The summed E-state index contributed by atoms with van der Waals surface area (Å²) in [7, 11) is 1.93. The normalized spacial score (nSPS) is 24.7. The summed E-state index contributed by atoms with van der Waals surface area (Å²) in [4.78, 5) is 0. The number of benzene rings is 1. The van der Waals surface area contributed by atoms with Crippen LogP contribution in [0.3, 0.4) is 0 Å². The first-order valence-electron chi connectivity index (χ1n) is 5.49. The van der Waals surface area contributed by atoms with Crippen LogP contribution in [0.25, 0.3) is 0 Å². The Morgan fingerprint density at radius 2 is 2.25 bits per heavy atom. The van der Waals surface area contributed by atoms with Crippen LogP contribution in [0.5, 0.6) is 5.75 Å². The molecule has 16 heavy (non-hydrogen) atoms. The highest BCUT2D eigenvalue weighted by molar-refractivity contribution is 6.32. The van der Waals surface area contributed by atoms with Crippen molar-refractivity contribution in [3.63, 3.8) is 0 Å². The molecule has 2 atom stereocenters. The zero-order chi connectivity index (χ0) is 11.5. The molecule has 0 spiro atoms. The largest absolute Gasteiger partial charge is 0.487 e. The molecule has 0 heterocycles. The van der Waals surface area contributed by atoms with Gasteiger partial charge in [-0.2, -0.15) is 0 Å². The van der Waals surface area contributed by atoms with Gasteiger partial charge in [0.2, 0.25) is 0 Å². The fraction of sp³-hybridized carbons (Fsp3) is 0.500. The van der Waals surface area contributed by atoms with Crippen LogP contribution in [0.15, 0.2) is 18.2 Å². The van der Waals surface area contributed by atoms with Gasteiger partial charge in [0.25, 0.3) is 0 Å². The van der Waals surface area contributed by atoms with Crippen LogP contribution >= 0.6 is 11.6 Å². The number of nitrogens with one attached hydrogen (secondary N) is 1. The van der Waals surface area contributed by atoms with Crippen molar-refractivity contribution >= 4 is 11.6 Å². The third kappa shape index (κ3) is 2.47. The van der Waals surface area contributed by atoms with Gasteiger partial charge in [0, 0.05) is 6.04 Å². The molecule has 2 rings (SSSR count). The molecule has 1 aliphatic rings. The zero-order valence-electron chi connectivity index (χ0n) is 9.17. The van der Waals surface area contributed by atoms with Crippen LogP contribution < -0.4 is 10.1 Å². The molecule has 0 bridgehead atoms. The van der Waals surface area contributed by atoms with Crippen molar-refractivity contribution in [1.29, 1.82) is 0 Å². The summed E-state index contributed by atoms with van der Waals surface area (Å²) in [5, 5.41) is 3.56. The van der Waals surface area contributed by atoms with E-state index in [4.69, 9.17) is 16.3 Å². The Bertz CT molecular complexity index is 372. The highest BCUT2D eigenvalue weighted by Gasteiger charge is 2.28. The van der Waals surface area contributed by atoms with E-state index in [1.165, 1.54) is 12.1 Å². The zero-order valence-corrected chi connectivity index (χ0v) is 9.93. The molecule has 0 aromatic heterocycles. The van der Waals surface area contributed by atoms with E-state index in [0.29, 0.717) is 16.8 Å². The Labute approximate surface area is 99.7 Å². The lowest BCUT2D eigenvalue weighted by Gasteiger charge is -2.21. The van der Waals surface area contributed by atoms with Crippen molar-refractivity contribution in [3.8, 4) is 5.75 Å². The van der Waals surface area contributed by atoms with Crippen LogP contribution in [0.4, 0.5) is 4.39 Å². The molecule has 1 saturated carbocycles. The maximum Gasteiger partial charge on any atom is 0.138 e. The summed E-state index contributed by atoms with van der Waals surface area (Å²) in [6.07, 6.45) is 3.40. The molecule has 0 amide bonds. The summed E-state index contributed by atoms with van der Waals surface area (Å²) >= 11 is 5.91. The van der Waals surface area contributed by atoms with Gasteiger partial charge in [-0.1, -0.05) is 11.6 Å². The van der Waals surface area contributed by atoms with Crippen molar-refractivity contribution in [2.45, 2.75) is 31.4 Å². The lowest BCUT2D eigenvalue weighted by molar-refractivity contribution is 0.179. The number of likely N-dealkylation sites (N-methyl/N-ethyl adjacent to an activating group) is 1. The molecule has 2 nitrogen and oxygen atoms in total. The second kappa shape index (κ2) is 5.02. The van der Waals surface area contributed by atoms with Gasteiger partial charge in [-0.05, 0) is 44.5 Å². The highest BCUT2D eigenvalue weighted by Crippen LogP contribution is 2.30.